The van der Waals surface area contributed by atoms with Crippen LogP contribution in [-0.2, 0) is 13.1 Å². The molecule has 136 valence electrons. The molecule has 0 saturated carbocycles. The second-order valence-corrected chi connectivity index (χ2v) is 7.03. The molecule has 0 spiro atoms. The van der Waals surface area contributed by atoms with E-state index in [0.717, 1.165) is 5.56 Å². The normalized spacial score (nSPS) is 11.0. The quantitative estimate of drug-likeness (QED) is 0.615. The number of aromatic nitrogens is 4. The molecule has 0 fully saturated rings. The van der Waals surface area contributed by atoms with Gasteiger partial charge in [0.25, 0.3) is 5.91 Å². The molecule has 0 aliphatic carbocycles. The summed E-state index contributed by atoms with van der Waals surface area (Å²) in [6, 6.07) is 5.20. The van der Waals surface area contributed by atoms with Crippen molar-refractivity contribution >= 4 is 58.1 Å². The Hall–Kier alpha value is -1.73. The summed E-state index contributed by atoms with van der Waals surface area (Å²) in [6.45, 7) is 2.74. The maximum absolute atomic E-state index is 12.5. The highest BCUT2D eigenvalue weighted by molar-refractivity contribution is 6.36. The van der Waals surface area contributed by atoms with Crippen LogP contribution in [0, 0.1) is 0 Å². The van der Waals surface area contributed by atoms with Crippen LogP contribution in [0.1, 0.15) is 23.0 Å². The zero-order valence-electron chi connectivity index (χ0n) is 13.5. The van der Waals surface area contributed by atoms with Crippen LogP contribution in [0.4, 0.5) is 5.82 Å². The van der Waals surface area contributed by atoms with Gasteiger partial charge in [-0.15, -0.1) is 0 Å². The molecule has 6 nitrogen and oxygen atoms in total. The highest BCUT2D eigenvalue weighted by Crippen LogP contribution is 2.25. The average molecular weight is 433 g/mol. The van der Waals surface area contributed by atoms with Gasteiger partial charge in [-0.1, -0.05) is 52.5 Å². The lowest BCUT2D eigenvalue weighted by Crippen LogP contribution is -2.18. The van der Waals surface area contributed by atoms with Crippen molar-refractivity contribution in [2.24, 2.45) is 0 Å². The Labute approximate surface area is 169 Å². The third-order valence-electron chi connectivity index (χ3n) is 3.61. The van der Waals surface area contributed by atoms with E-state index in [9.17, 15) is 4.79 Å². The smallest absolute Gasteiger partial charge is 0.276 e. The summed E-state index contributed by atoms with van der Waals surface area (Å²) in [5.41, 5.74) is 1.07. The summed E-state index contributed by atoms with van der Waals surface area (Å²) in [7, 11) is 0. The van der Waals surface area contributed by atoms with Gasteiger partial charge in [0.2, 0.25) is 0 Å². The predicted molar refractivity (Wildman–Crippen MR) is 104 cm³/mol. The molecule has 0 unspecified atom stereocenters. The molecule has 3 rings (SSSR count). The number of carbonyl (C=O) groups excluding carboxylic acids is 1. The molecule has 1 aromatic carbocycles. The van der Waals surface area contributed by atoms with Gasteiger partial charge >= 0.3 is 0 Å². The number of hydrogen-bond donors (Lipinski definition) is 1. The van der Waals surface area contributed by atoms with Gasteiger partial charge < -0.3 is 5.32 Å². The van der Waals surface area contributed by atoms with Gasteiger partial charge in [-0.05, 0) is 24.6 Å². The minimum absolute atomic E-state index is 0.224. The highest BCUT2D eigenvalue weighted by Gasteiger charge is 2.19. The molecule has 0 bridgehead atoms. The van der Waals surface area contributed by atoms with Gasteiger partial charge in [-0.25, -0.2) is 0 Å². The van der Waals surface area contributed by atoms with Crippen LogP contribution in [-0.4, -0.2) is 25.5 Å². The number of benzene rings is 1. The molecule has 1 N–H and O–H groups in total. The molecule has 1 amide bonds. The molecular formula is C16H13Cl4N5O. The van der Waals surface area contributed by atoms with E-state index in [1.54, 1.807) is 29.1 Å². The van der Waals surface area contributed by atoms with E-state index in [1.807, 2.05) is 6.92 Å². The molecule has 0 radical (unpaired) electrons. The van der Waals surface area contributed by atoms with E-state index in [0.29, 0.717) is 28.2 Å². The lowest BCUT2D eigenvalue weighted by molar-refractivity contribution is 0.101. The summed E-state index contributed by atoms with van der Waals surface area (Å²) < 4.78 is 3.07. The zero-order chi connectivity index (χ0) is 18.8. The first-order chi connectivity index (χ1) is 12.4. The van der Waals surface area contributed by atoms with E-state index in [1.165, 1.54) is 10.9 Å². The van der Waals surface area contributed by atoms with Crippen LogP contribution < -0.4 is 5.32 Å². The number of nitrogens with zero attached hydrogens (tertiary/aromatic N) is 4. The van der Waals surface area contributed by atoms with Gasteiger partial charge in [0.15, 0.2) is 5.82 Å². The third kappa shape index (κ3) is 3.99. The molecule has 0 saturated heterocycles. The maximum atomic E-state index is 12.5. The van der Waals surface area contributed by atoms with Gasteiger partial charge in [-0.2, -0.15) is 10.2 Å². The number of aryl methyl sites for hydroxylation is 1. The summed E-state index contributed by atoms with van der Waals surface area (Å²) in [4.78, 5) is 12.5. The zero-order valence-corrected chi connectivity index (χ0v) is 16.5. The van der Waals surface area contributed by atoms with Crippen molar-refractivity contribution < 1.29 is 4.79 Å². The van der Waals surface area contributed by atoms with Crippen LogP contribution in [0.25, 0.3) is 0 Å². The van der Waals surface area contributed by atoms with Gasteiger partial charge in [0.1, 0.15) is 10.7 Å². The predicted octanol–water partition coefficient (Wildman–Crippen LogP) is 5.01. The average Bonchev–Trinajstić information content (AvgIpc) is 3.12. The number of hydrogen-bond acceptors (Lipinski definition) is 3. The van der Waals surface area contributed by atoms with Crippen molar-refractivity contribution in [3.8, 4) is 0 Å². The second-order valence-electron chi connectivity index (χ2n) is 5.37. The lowest BCUT2D eigenvalue weighted by Gasteiger charge is -2.06. The number of anilines is 1. The molecule has 0 aliphatic rings. The van der Waals surface area contributed by atoms with Gasteiger partial charge in [0.05, 0.1) is 17.8 Å². The van der Waals surface area contributed by atoms with Crippen molar-refractivity contribution in [3.63, 3.8) is 0 Å². The number of rotatable bonds is 5. The monoisotopic (exact) mass is 431 g/mol. The summed E-state index contributed by atoms with van der Waals surface area (Å²) in [5, 5.41) is 12.6. The van der Waals surface area contributed by atoms with Crippen LogP contribution in [0.5, 0.6) is 0 Å². The van der Waals surface area contributed by atoms with Gasteiger partial charge in [-0.3, -0.25) is 14.2 Å². The van der Waals surface area contributed by atoms with Crippen LogP contribution >= 0.6 is 46.4 Å². The second kappa shape index (κ2) is 7.88. The first-order valence-electron chi connectivity index (χ1n) is 7.58. The molecule has 2 heterocycles. The van der Waals surface area contributed by atoms with Crippen LogP contribution in [0.3, 0.4) is 0 Å². The number of amides is 1. The maximum Gasteiger partial charge on any atom is 0.276 e. The summed E-state index contributed by atoms with van der Waals surface area (Å²) in [5.74, 6) is -0.215. The van der Waals surface area contributed by atoms with E-state index in [-0.39, 0.29) is 16.5 Å². The fraction of sp³-hybridized carbons (Fsp3) is 0.188. The van der Waals surface area contributed by atoms with Gasteiger partial charge in [0, 0.05) is 22.8 Å². The Bertz CT molecular complexity index is 966. The van der Waals surface area contributed by atoms with E-state index >= 15 is 0 Å². The number of nitrogens with one attached hydrogen (secondary N) is 1. The van der Waals surface area contributed by atoms with E-state index in [2.05, 4.69) is 15.5 Å². The Balaban J connectivity index is 1.80. The Morgan fingerprint density at radius 1 is 1.15 bits per heavy atom. The standard InChI is InChI=1S/C16H13Cl4N5O/c1-2-25-14(12(19)6-21-25)16(26)22-15-13(20)8-24(23-15)7-9-3-4-10(17)5-11(9)18/h3-6,8H,2,7H2,1H3,(H,22,23,26). The third-order valence-corrected chi connectivity index (χ3v) is 4.75. The SMILES string of the molecule is CCn1ncc(Cl)c1C(=O)Nc1nn(Cc2ccc(Cl)cc2Cl)cc1Cl. The van der Waals surface area contributed by atoms with E-state index < -0.39 is 5.91 Å². The Morgan fingerprint density at radius 2 is 1.92 bits per heavy atom. The molecule has 0 atom stereocenters. The van der Waals surface area contributed by atoms with Crippen molar-refractivity contribution in [1.29, 1.82) is 0 Å². The summed E-state index contributed by atoms with van der Waals surface area (Å²) >= 11 is 24.3. The fourth-order valence-corrected chi connectivity index (χ4v) is 3.27. The van der Waals surface area contributed by atoms with Crippen molar-refractivity contribution in [2.75, 3.05) is 5.32 Å². The van der Waals surface area contributed by atoms with Crippen molar-refractivity contribution in [2.45, 2.75) is 20.0 Å². The lowest BCUT2D eigenvalue weighted by atomic mass is 10.2. The summed E-state index contributed by atoms with van der Waals surface area (Å²) in [6.07, 6.45) is 3.02. The van der Waals surface area contributed by atoms with Crippen molar-refractivity contribution in [3.05, 3.63) is 61.9 Å². The minimum atomic E-state index is -0.439. The van der Waals surface area contributed by atoms with Crippen LogP contribution in [0.2, 0.25) is 20.1 Å². The van der Waals surface area contributed by atoms with Crippen LogP contribution in [0.15, 0.2) is 30.6 Å². The minimum Gasteiger partial charge on any atom is -0.302 e. The topological polar surface area (TPSA) is 64.7 Å². The largest absolute Gasteiger partial charge is 0.302 e. The first-order valence-corrected chi connectivity index (χ1v) is 9.09. The van der Waals surface area contributed by atoms with E-state index in [4.69, 9.17) is 46.4 Å². The fourth-order valence-electron chi connectivity index (χ4n) is 2.38. The molecule has 3 aromatic rings. The molecule has 10 heteroatoms. The molecule has 2 aromatic heterocycles. The Morgan fingerprint density at radius 3 is 2.62 bits per heavy atom. The molecule has 26 heavy (non-hydrogen) atoms. The molecule has 0 aliphatic heterocycles. The number of carbonyl (C=O) groups is 1. The highest BCUT2D eigenvalue weighted by atomic mass is 35.5. The Kier molecular flexibility index (Phi) is 5.77. The number of halogens is 4. The molecular weight excluding hydrogens is 420 g/mol. The van der Waals surface area contributed by atoms with Crippen molar-refractivity contribution in [1.82, 2.24) is 19.6 Å². The first kappa shape index (κ1) is 19.0.